The van der Waals surface area contributed by atoms with Gasteiger partial charge in [-0.15, -0.1) is 0 Å². The molecule has 0 fully saturated rings. The maximum atomic E-state index is 13.0. The number of benzene rings is 2. The van der Waals surface area contributed by atoms with Gasteiger partial charge in [0.2, 0.25) is 0 Å². The highest BCUT2D eigenvalue weighted by Gasteiger charge is 2.16. The summed E-state index contributed by atoms with van der Waals surface area (Å²) in [5, 5.41) is 8.56. The zero-order valence-corrected chi connectivity index (χ0v) is 16.8. The molecule has 0 radical (unpaired) electrons. The van der Waals surface area contributed by atoms with Crippen LogP contribution in [-0.4, -0.2) is 27.8 Å². The highest BCUT2D eigenvalue weighted by Crippen LogP contribution is 2.26. The molecule has 2 heterocycles. The molecule has 6 nitrogen and oxygen atoms in total. The van der Waals surface area contributed by atoms with E-state index in [1.165, 1.54) is 0 Å². The van der Waals surface area contributed by atoms with Gasteiger partial charge in [0.05, 0.1) is 30.0 Å². The van der Waals surface area contributed by atoms with Gasteiger partial charge >= 0.3 is 0 Å². The summed E-state index contributed by atoms with van der Waals surface area (Å²) in [7, 11) is 3.43. The molecule has 0 bridgehead atoms. The van der Waals surface area contributed by atoms with Crippen molar-refractivity contribution in [3.05, 3.63) is 76.9 Å². The van der Waals surface area contributed by atoms with Crippen molar-refractivity contribution in [2.45, 2.75) is 6.54 Å². The molecule has 0 spiro atoms. The molecule has 1 N–H and O–H groups in total. The molecule has 0 saturated heterocycles. The number of nitrogens with zero attached hydrogens (tertiary/aromatic N) is 3. The normalized spacial score (nSPS) is 10.9. The van der Waals surface area contributed by atoms with E-state index in [9.17, 15) is 4.79 Å². The molecule has 2 aromatic heterocycles. The molecule has 0 unspecified atom stereocenters. The predicted octanol–water partition coefficient (Wildman–Crippen LogP) is 4.23. The molecule has 4 rings (SSSR count). The zero-order valence-electron chi connectivity index (χ0n) is 16.0. The van der Waals surface area contributed by atoms with E-state index in [0.717, 1.165) is 16.9 Å². The van der Waals surface area contributed by atoms with Crippen LogP contribution in [0.5, 0.6) is 5.75 Å². The molecule has 0 saturated carbocycles. The van der Waals surface area contributed by atoms with Gasteiger partial charge in [-0.1, -0.05) is 23.7 Å². The van der Waals surface area contributed by atoms with Gasteiger partial charge in [-0.05, 0) is 48.0 Å². The van der Waals surface area contributed by atoms with Crippen molar-refractivity contribution < 1.29 is 9.53 Å². The van der Waals surface area contributed by atoms with Gasteiger partial charge < -0.3 is 10.1 Å². The summed E-state index contributed by atoms with van der Waals surface area (Å²) in [5.41, 5.74) is 3.68. The molecule has 0 aliphatic heterocycles. The Balaban J connectivity index is 1.69. The Bertz CT molecular complexity index is 1190. The summed E-state index contributed by atoms with van der Waals surface area (Å²) in [6.07, 6.45) is 1.66. The van der Waals surface area contributed by atoms with E-state index < -0.39 is 0 Å². The lowest BCUT2D eigenvalue weighted by molar-refractivity contribution is 0.0952. The van der Waals surface area contributed by atoms with Crippen LogP contribution in [0.2, 0.25) is 5.02 Å². The first-order valence-corrected chi connectivity index (χ1v) is 9.43. The Labute approximate surface area is 173 Å². The van der Waals surface area contributed by atoms with E-state index in [-0.39, 0.29) is 5.91 Å². The quantitative estimate of drug-likeness (QED) is 0.538. The SMILES string of the molecule is COc1ccc(-c2cc(C(=O)NCc3cccc(Cl)c3)c3cnn(C)c3n2)cc1. The Morgan fingerprint density at radius 1 is 1.17 bits per heavy atom. The smallest absolute Gasteiger partial charge is 0.252 e. The number of rotatable bonds is 5. The van der Waals surface area contributed by atoms with Crippen molar-refractivity contribution >= 4 is 28.5 Å². The predicted molar refractivity (Wildman–Crippen MR) is 113 cm³/mol. The van der Waals surface area contributed by atoms with Gasteiger partial charge in [-0.2, -0.15) is 5.10 Å². The third-order valence-corrected chi connectivity index (χ3v) is 4.91. The van der Waals surface area contributed by atoms with Crippen molar-refractivity contribution in [3.63, 3.8) is 0 Å². The van der Waals surface area contributed by atoms with E-state index in [2.05, 4.69) is 10.4 Å². The van der Waals surface area contributed by atoms with Gasteiger partial charge in [0, 0.05) is 24.2 Å². The lowest BCUT2D eigenvalue weighted by atomic mass is 10.1. The lowest BCUT2D eigenvalue weighted by Gasteiger charge is -2.10. The number of fused-ring (bicyclic) bond motifs is 1. The average Bonchev–Trinajstić information content (AvgIpc) is 3.12. The van der Waals surface area contributed by atoms with Gasteiger partial charge in [0.15, 0.2) is 5.65 Å². The number of ether oxygens (including phenoxy) is 1. The highest BCUT2D eigenvalue weighted by atomic mass is 35.5. The van der Waals surface area contributed by atoms with Gasteiger partial charge in [0.1, 0.15) is 5.75 Å². The average molecular weight is 407 g/mol. The van der Waals surface area contributed by atoms with Crippen LogP contribution < -0.4 is 10.1 Å². The minimum atomic E-state index is -0.194. The van der Waals surface area contributed by atoms with Crippen molar-refractivity contribution in [1.82, 2.24) is 20.1 Å². The maximum absolute atomic E-state index is 13.0. The molecule has 146 valence electrons. The van der Waals surface area contributed by atoms with E-state index in [4.69, 9.17) is 21.3 Å². The Kier molecular flexibility index (Phi) is 5.18. The van der Waals surface area contributed by atoms with Crippen LogP contribution in [0.3, 0.4) is 0 Å². The summed E-state index contributed by atoms with van der Waals surface area (Å²) in [5.74, 6) is 0.565. The number of pyridine rings is 1. The molecule has 0 aliphatic carbocycles. The first kappa shape index (κ1) is 19.0. The second kappa shape index (κ2) is 7.93. The highest BCUT2D eigenvalue weighted by molar-refractivity contribution is 6.30. The van der Waals surface area contributed by atoms with E-state index in [1.807, 2.05) is 42.5 Å². The number of carbonyl (C=O) groups is 1. The van der Waals surface area contributed by atoms with Gasteiger partial charge in [-0.3, -0.25) is 9.48 Å². The zero-order chi connectivity index (χ0) is 20.4. The van der Waals surface area contributed by atoms with Crippen LogP contribution in [0.1, 0.15) is 15.9 Å². The monoisotopic (exact) mass is 406 g/mol. The minimum Gasteiger partial charge on any atom is -0.497 e. The van der Waals surface area contributed by atoms with Crippen LogP contribution in [0.15, 0.2) is 60.8 Å². The fraction of sp³-hybridized carbons (Fsp3) is 0.136. The minimum absolute atomic E-state index is 0.194. The van der Waals surface area contributed by atoms with E-state index in [1.54, 1.807) is 37.2 Å². The first-order valence-electron chi connectivity index (χ1n) is 9.05. The standard InChI is InChI=1S/C22H19ClN4O2/c1-27-21-19(13-25-27)18(22(28)24-12-14-4-3-5-16(23)10-14)11-20(26-21)15-6-8-17(29-2)9-7-15/h3-11,13H,12H2,1-2H3,(H,24,28). The van der Waals surface area contributed by atoms with Crippen LogP contribution in [0, 0.1) is 0 Å². The molecule has 0 atom stereocenters. The number of carbonyl (C=O) groups excluding carboxylic acids is 1. The summed E-state index contributed by atoms with van der Waals surface area (Å²) < 4.78 is 6.88. The summed E-state index contributed by atoms with van der Waals surface area (Å²) in [6.45, 7) is 0.376. The maximum Gasteiger partial charge on any atom is 0.252 e. The molecule has 2 aromatic carbocycles. The molecule has 1 amide bonds. The Morgan fingerprint density at radius 3 is 2.69 bits per heavy atom. The second-order valence-corrected chi connectivity index (χ2v) is 7.04. The number of hydrogen-bond donors (Lipinski definition) is 1. The number of amides is 1. The van der Waals surface area contributed by atoms with Gasteiger partial charge in [-0.25, -0.2) is 4.98 Å². The Morgan fingerprint density at radius 2 is 1.97 bits per heavy atom. The third kappa shape index (κ3) is 3.93. The molecule has 4 aromatic rings. The molecule has 7 heteroatoms. The summed E-state index contributed by atoms with van der Waals surface area (Å²) in [6, 6.07) is 16.8. The van der Waals surface area contributed by atoms with Crippen LogP contribution in [0.25, 0.3) is 22.3 Å². The van der Waals surface area contributed by atoms with E-state index >= 15 is 0 Å². The number of hydrogen-bond acceptors (Lipinski definition) is 4. The summed E-state index contributed by atoms with van der Waals surface area (Å²) >= 11 is 6.03. The number of methoxy groups -OCH3 is 1. The molecule has 0 aliphatic rings. The van der Waals surface area contributed by atoms with Crippen molar-refractivity contribution in [3.8, 4) is 17.0 Å². The van der Waals surface area contributed by atoms with Crippen LogP contribution in [-0.2, 0) is 13.6 Å². The second-order valence-electron chi connectivity index (χ2n) is 6.60. The number of aromatic nitrogens is 3. The fourth-order valence-electron chi connectivity index (χ4n) is 3.14. The van der Waals surface area contributed by atoms with Crippen molar-refractivity contribution in [2.24, 2.45) is 7.05 Å². The molecular weight excluding hydrogens is 388 g/mol. The number of nitrogens with one attached hydrogen (secondary N) is 1. The van der Waals surface area contributed by atoms with Crippen molar-refractivity contribution in [1.29, 1.82) is 0 Å². The Hall–Kier alpha value is -3.38. The number of halogens is 1. The molecular formula is C22H19ClN4O2. The largest absolute Gasteiger partial charge is 0.497 e. The van der Waals surface area contributed by atoms with Crippen LogP contribution >= 0.6 is 11.6 Å². The summed E-state index contributed by atoms with van der Waals surface area (Å²) in [4.78, 5) is 17.7. The fourth-order valence-corrected chi connectivity index (χ4v) is 3.35. The topological polar surface area (TPSA) is 69.0 Å². The molecule has 29 heavy (non-hydrogen) atoms. The third-order valence-electron chi connectivity index (χ3n) is 4.68. The first-order chi connectivity index (χ1) is 14.0. The van der Waals surface area contributed by atoms with E-state index in [0.29, 0.717) is 33.9 Å². The number of aryl methyl sites for hydroxylation is 1. The van der Waals surface area contributed by atoms with Crippen molar-refractivity contribution in [2.75, 3.05) is 7.11 Å². The van der Waals surface area contributed by atoms with Crippen LogP contribution in [0.4, 0.5) is 0 Å². The van der Waals surface area contributed by atoms with Gasteiger partial charge in [0.25, 0.3) is 5.91 Å². The lowest BCUT2D eigenvalue weighted by Crippen LogP contribution is -2.23.